The van der Waals surface area contributed by atoms with Crippen LogP contribution in [0.1, 0.15) is 12.8 Å². The number of nitrogens with zero attached hydrogens (tertiary/aromatic N) is 2. The number of hydrogen-bond acceptors (Lipinski definition) is 4. The van der Waals surface area contributed by atoms with Crippen molar-refractivity contribution in [3.05, 3.63) is 0 Å². The molecule has 0 bridgehead atoms. The molecule has 0 saturated carbocycles. The molecule has 0 aromatic heterocycles. The first-order valence-corrected chi connectivity index (χ1v) is 6.42. The minimum Gasteiger partial charge on any atom is -0.346 e. The van der Waals surface area contributed by atoms with Crippen LogP contribution in [0.4, 0.5) is 0 Å². The summed E-state index contributed by atoms with van der Waals surface area (Å²) in [6.07, 6.45) is 2.07. The van der Waals surface area contributed by atoms with E-state index in [0.717, 1.165) is 32.5 Å². The predicted octanol–water partition coefficient (Wildman–Crippen LogP) is -1.14. The Morgan fingerprint density at radius 3 is 2.44 bits per heavy atom. The molecule has 1 rings (SSSR count). The Hall–Kier alpha value is -1.14. The van der Waals surface area contributed by atoms with Gasteiger partial charge < -0.3 is 20.9 Å². The molecule has 0 aliphatic carbocycles. The van der Waals surface area contributed by atoms with Crippen molar-refractivity contribution in [2.24, 2.45) is 11.7 Å². The number of piperidine rings is 1. The number of amides is 2. The Morgan fingerprint density at radius 2 is 1.94 bits per heavy atom. The summed E-state index contributed by atoms with van der Waals surface area (Å²) in [7, 11) is 4.14. The van der Waals surface area contributed by atoms with E-state index in [4.69, 9.17) is 5.73 Å². The van der Waals surface area contributed by atoms with Gasteiger partial charge >= 0.3 is 0 Å². The lowest BCUT2D eigenvalue weighted by molar-refractivity contribution is -0.133. The fraction of sp³-hybridized carbons (Fsp3) is 0.833. The van der Waals surface area contributed by atoms with Gasteiger partial charge in [0.1, 0.15) is 0 Å². The largest absolute Gasteiger partial charge is 0.346 e. The molecule has 1 heterocycles. The third-order valence-electron chi connectivity index (χ3n) is 3.21. The highest BCUT2D eigenvalue weighted by atomic mass is 16.2. The summed E-state index contributed by atoms with van der Waals surface area (Å²) in [5, 5.41) is 2.51. The van der Waals surface area contributed by atoms with E-state index < -0.39 is 0 Å². The fourth-order valence-electron chi connectivity index (χ4n) is 2.24. The van der Waals surface area contributed by atoms with Crippen LogP contribution in [-0.4, -0.2) is 68.4 Å². The maximum Gasteiger partial charge on any atom is 0.241 e. The van der Waals surface area contributed by atoms with Crippen molar-refractivity contribution in [1.29, 1.82) is 0 Å². The Balaban J connectivity index is 2.25. The molecule has 3 N–H and O–H groups in total. The molecular formula is C12H24N4O2. The summed E-state index contributed by atoms with van der Waals surface area (Å²) < 4.78 is 0. The van der Waals surface area contributed by atoms with Gasteiger partial charge in [0.2, 0.25) is 11.8 Å². The highest BCUT2D eigenvalue weighted by Crippen LogP contribution is 2.17. The SMILES string of the molecule is CN(C)CC1CCN(C(=O)CNC(=O)CN)CC1. The second-order valence-electron chi connectivity index (χ2n) is 5.07. The standard InChI is InChI=1S/C12H24N4O2/c1-15(2)9-10-3-5-16(6-4-10)12(18)8-14-11(17)7-13/h10H,3-9,13H2,1-2H3,(H,14,17). The maximum atomic E-state index is 11.8. The minimum absolute atomic E-state index is 0.0138. The zero-order valence-corrected chi connectivity index (χ0v) is 11.3. The number of nitrogens with two attached hydrogens (primary N) is 1. The van der Waals surface area contributed by atoms with E-state index in [1.54, 1.807) is 0 Å². The van der Waals surface area contributed by atoms with E-state index in [0.29, 0.717) is 5.92 Å². The molecule has 18 heavy (non-hydrogen) atoms. The van der Waals surface area contributed by atoms with Crippen LogP contribution in [-0.2, 0) is 9.59 Å². The molecule has 1 fully saturated rings. The zero-order valence-electron chi connectivity index (χ0n) is 11.3. The van der Waals surface area contributed by atoms with Crippen molar-refractivity contribution in [1.82, 2.24) is 15.1 Å². The molecule has 1 aliphatic rings. The quantitative estimate of drug-likeness (QED) is 0.652. The summed E-state index contributed by atoms with van der Waals surface area (Å²) in [6.45, 7) is 2.64. The van der Waals surface area contributed by atoms with Crippen molar-refractivity contribution in [2.45, 2.75) is 12.8 Å². The van der Waals surface area contributed by atoms with Gasteiger partial charge in [-0.2, -0.15) is 0 Å². The van der Waals surface area contributed by atoms with Gasteiger partial charge in [-0.3, -0.25) is 9.59 Å². The average Bonchev–Trinajstić information content (AvgIpc) is 2.35. The second-order valence-corrected chi connectivity index (χ2v) is 5.07. The van der Waals surface area contributed by atoms with Gasteiger partial charge in [0.15, 0.2) is 0 Å². The first-order valence-electron chi connectivity index (χ1n) is 6.42. The minimum atomic E-state index is -0.286. The second kappa shape index (κ2) is 7.33. The first kappa shape index (κ1) is 14.9. The Morgan fingerprint density at radius 1 is 1.33 bits per heavy atom. The molecule has 0 radical (unpaired) electrons. The summed E-state index contributed by atoms with van der Waals surface area (Å²) in [6, 6.07) is 0. The molecule has 1 aliphatic heterocycles. The molecule has 2 amide bonds. The van der Waals surface area contributed by atoms with Gasteiger partial charge in [-0.15, -0.1) is 0 Å². The lowest BCUT2D eigenvalue weighted by Crippen LogP contribution is -2.46. The Kier molecular flexibility index (Phi) is 6.07. The van der Waals surface area contributed by atoms with Gasteiger partial charge in [-0.25, -0.2) is 0 Å². The van der Waals surface area contributed by atoms with Crippen molar-refractivity contribution in [2.75, 3.05) is 46.8 Å². The summed E-state index contributed by atoms with van der Waals surface area (Å²) >= 11 is 0. The third kappa shape index (κ3) is 5.01. The van der Waals surface area contributed by atoms with Gasteiger partial charge in [0.05, 0.1) is 13.1 Å². The topological polar surface area (TPSA) is 78.7 Å². The molecule has 0 aromatic rings. The van der Waals surface area contributed by atoms with Gasteiger partial charge in [-0.05, 0) is 32.9 Å². The predicted molar refractivity (Wildman–Crippen MR) is 69.9 cm³/mol. The zero-order chi connectivity index (χ0) is 13.5. The molecule has 0 spiro atoms. The van der Waals surface area contributed by atoms with Crippen LogP contribution in [0.2, 0.25) is 0 Å². The van der Waals surface area contributed by atoms with Crippen LogP contribution in [0.25, 0.3) is 0 Å². The molecule has 104 valence electrons. The van der Waals surface area contributed by atoms with E-state index >= 15 is 0 Å². The average molecular weight is 256 g/mol. The van der Waals surface area contributed by atoms with E-state index in [9.17, 15) is 9.59 Å². The third-order valence-corrected chi connectivity index (χ3v) is 3.21. The fourth-order valence-corrected chi connectivity index (χ4v) is 2.24. The van der Waals surface area contributed by atoms with Crippen LogP contribution in [0.15, 0.2) is 0 Å². The van der Waals surface area contributed by atoms with Crippen LogP contribution >= 0.6 is 0 Å². The van der Waals surface area contributed by atoms with E-state index in [1.807, 2.05) is 4.90 Å². The van der Waals surface area contributed by atoms with Crippen LogP contribution in [0, 0.1) is 5.92 Å². The van der Waals surface area contributed by atoms with Gasteiger partial charge in [0.25, 0.3) is 0 Å². The van der Waals surface area contributed by atoms with Crippen molar-refractivity contribution in [3.8, 4) is 0 Å². The molecule has 6 nitrogen and oxygen atoms in total. The molecule has 1 saturated heterocycles. The number of rotatable bonds is 5. The monoisotopic (exact) mass is 256 g/mol. The van der Waals surface area contributed by atoms with E-state index in [-0.39, 0.29) is 24.9 Å². The lowest BCUT2D eigenvalue weighted by Gasteiger charge is -2.33. The lowest BCUT2D eigenvalue weighted by atomic mass is 9.96. The summed E-state index contributed by atoms with van der Waals surface area (Å²) in [4.78, 5) is 26.8. The number of carbonyl (C=O) groups excluding carboxylic acids is 2. The number of likely N-dealkylation sites (tertiary alicyclic amines) is 1. The summed E-state index contributed by atoms with van der Waals surface area (Å²) in [5.41, 5.74) is 5.16. The van der Waals surface area contributed by atoms with Gasteiger partial charge in [0, 0.05) is 19.6 Å². The molecular weight excluding hydrogens is 232 g/mol. The number of nitrogens with one attached hydrogen (secondary N) is 1. The number of carbonyl (C=O) groups is 2. The Bertz CT molecular complexity index is 286. The molecule has 0 unspecified atom stereocenters. The first-order chi connectivity index (χ1) is 8.52. The molecule has 0 aromatic carbocycles. The van der Waals surface area contributed by atoms with Crippen molar-refractivity contribution in [3.63, 3.8) is 0 Å². The smallest absolute Gasteiger partial charge is 0.241 e. The van der Waals surface area contributed by atoms with Crippen molar-refractivity contribution < 1.29 is 9.59 Å². The van der Waals surface area contributed by atoms with Crippen molar-refractivity contribution >= 4 is 11.8 Å². The molecule has 0 atom stereocenters. The van der Waals surface area contributed by atoms with E-state index in [2.05, 4.69) is 24.3 Å². The Labute approximate surface area is 108 Å². The van der Waals surface area contributed by atoms with Crippen LogP contribution in [0.3, 0.4) is 0 Å². The number of hydrogen-bond donors (Lipinski definition) is 2. The summed E-state index contributed by atoms with van der Waals surface area (Å²) in [5.74, 6) is 0.369. The highest BCUT2D eigenvalue weighted by Gasteiger charge is 2.22. The van der Waals surface area contributed by atoms with Crippen LogP contribution < -0.4 is 11.1 Å². The maximum absolute atomic E-state index is 11.8. The van der Waals surface area contributed by atoms with E-state index in [1.165, 1.54) is 0 Å². The normalized spacial score (nSPS) is 17.0. The molecule has 6 heteroatoms. The van der Waals surface area contributed by atoms with Gasteiger partial charge in [-0.1, -0.05) is 0 Å². The highest BCUT2D eigenvalue weighted by molar-refractivity contribution is 5.85. The van der Waals surface area contributed by atoms with Crippen LogP contribution in [0.5, 0.6) is 0 Å².